The molecule has 2 heterocycles. The topological polar surface area (TPSA) is 96.6 Å². The minimum atomic E-state index is -0.458. The summed E-state index contributed by atoms with van der Waals surface area (Å²) in [6, 6.07) is 13.5. The molecular weight excluding hydrogens is 500 g/mol. The SMILES string of the molecule is CCOc1cc(/C=C2/C(=N)N3N=C(C(C)C)SC3=NC2=O)ccc1OCCOc1ccc(C(C)(C)C)cc1. The van der Waals surface area contributed by atoms with Crippen LogP contribution >= 0.6 is 11.8 Å². The molecule has 0 bridgehead atoms. The number of carbonyl (C=O) groups is 1. The largest absolute Gasteiger partial charge is 0.490 e. The Bertz CT molecular complexity index is 1310. The van der Waals surface area contributed by atoms with E-state index in [1.54, 1.807) is 18.2 Å². The molecule has 0 aromatic heterocycles. The van der Waals surface area contributed by atoms with Crippen LogP contribution in [0.15, 0.2) is 58.1 Å². The van der Waals surface area contributed by atoms with Crippen LogP contribution in [-0.2, 0) is 10.2 Å². The van der Waals surface area contributed by atoms with Crippen LogP contribution in [0.4, 0.5) is 0 Å². The predicted octanol–water partition coefficient (Wildman–Crippen LogP) is 6.12. The summed E-state index contributed by atoms with van der Waals surface area (Å²) in [5.41, 5.74) is 2.22. The Morgan fingerprint density at radius 3 is 2.39 bits per heavy atom. The Hall–Kier alpha value is -3.59. The molecule has 4 rings (SSSR count). The van der Waals surface area contributed by atoms with Crippen molar-refractivity contribution in [3.05, 3.63) is 59.2 Å². The third-order valence-corrected chi connectivity index (χ3v) is 7.08. The maximum Gasteiger partial charge on any atom is 0.283 e. The molecule has 1 amide bonds. The number of rotatable bonds is 9. The summed E-state index contributed by atoms with van der Waals surface area (Å²) in [5.74, 6) is 1.65. The second kappa shape index (κ2) is 11.4. The van der Waals surface area contributed by atoms with Crippen molar-refractivity contribution in [1.82, 2.24) is 5.01 Å². The van der Waals surface area contributed by atoms with Crippen molar-refractivity contribution in [2.75, 3.05) is 19.8 Å². The first kappa shape index (κ1) is 27.4. The van der Waals surface area contributed by atoms with E-state index >= 15 is 0 Å². The van der Waals surface area contributed by atoms with Crippen LogP contribution in [0.1, 0.15) is 52.7 Å². The van der Waals surface area contributed by atoms with Crippen molar-refractivity contribution in [2.24, 2.45) is 16.0 Å². The molecule has 0 spiro atoms. The van der Waals surface area contributed by atoms with Gasteiger partial charge in [-0.05, 0) is 65.6 Å². The Balaban J connectivity index is 1.42. The second-order valence-corrected chi connectivity index (χ2v) is 11.2. The average molecular weight is 535 g/mol. The monoisotopic (exact) mass is 534 g/mol. The first-order chi connectivity index (χ1) is 18.1. The van der Waals surface area contributed by atoms with E-state index in [-0.39, 0.29) is 22.7 Å². The summed E-state index contributed by atoms with van der Waals surface area (Å²) in [7, 11) is 0. The molecule has 200 valence electrons. The van der Waals surface area contributed by atoms with Crippen LogP contribution in [0.3, 0.4) is 0 Å². The van der Waals surface area contributed by atoms with Gasteiger partial charge in [-0.15, -0.1) is 0 Å². The van der Waals surface area contributed by atoms with Gasteiger partial charge in [0.2, 0.25) is 5.17 Å². The molecular formula is C29H34N4O4S. The fourth-order valence-corrected chi connectivity index (χ4v) is 4.66. The highest BCUT2D eigenvalue weighted by Gasteiger charge is 2.36. The molecule has 38 heavy (non-hydrogen) atoms. The van der Waals surface area contributed by atoms with Gasteiger partial charge >= 0.3 is 0 Å². The maximum absolute atomic E-state index is 12.7. The predicted molar refractivity (Wildman–Crippen MR) is 154 cm³/mol. The van der Waals surface area contributed by atoms with Gasteiger partial charge in [-0.25, -0.2) is 0 Å². The number of nitrogens with zero attached hydrogens (tertiary/aromatic N) is 3. The summed E-state index contributed by atoms with van der Waals surface area (Å²) in [6.07, 6.45) is 1.63. The molecule has 1 N–H and O–H groups in total. The Morgan fingerprint density at radius 2 is 1.74 bits per heavy atom. The normalized spacial score (nSPS) is 16.5. The maximum atomic E-state index is 12.7. The molecule has 0 atom stereocenters. The zero-order valence-electron chi connectivity index (χ0n) is 22.7. The lowest BCUT2D eigenvalue weighted by atomic mass is 9.87. The second-order valence-electron chi connectivity index (χ2n) is 10.2. The number of benzene rings is 2. The third kappa shape index (κ3) is 6.27. The highest BCUT2D eigenvalue weighted by Crippen LogP contribution is 2.33. The van der Waals surface area contributed by atoms with Crippen molar-refractivity contribution in [3.8, 4) is 17.2 Å². The number of carbonyl (C=O) groups excluding carboxylic acids is 1. The molecule has 0 radical (unpaired) electrons. The van der Waals surface area contributed by atoms with Gasteiger partial charge in [0, 0.05) is 5.92 Å². The van der Waals surface area contributed by atoms with Crippen molar-refractivity contribution in [2.45, 2.75) is 47.0 Å². The number of ether oxygens (including phenoxy) is 3. The first-order valence-corrected chi connectivity index (χ1v) is 13.5. The lowest BCUT2D eigenvalue weighted by Crippen LogP contribution is -2.35. The van der Waals surface area contributed by atoms with Gasteiger partial charge in [-0.1, -0.05) is 52.8 Å². The van der Waals surface area contributed by atoms with Crippen molar-refractivity contribution in [3.63, 3.8) is 0 Å². The molecule has 0 saturated carbocycles. The zero-order valence-corrected chi connectivity index (χ0v) is 23.5. The Labute approximate surface area is 228 Å². The Kier molecular flexibility index (Phi) is 8.26. The van der Waals surface area contributed by atoms with Crippen LogP contribution in [0.5, 0.6) is 17.2 Å². The van der Waals surface area contributed by atoms with E-state index in [2.05, 4.69) is 43.0 Å². The first-order valence-electron chi connectivity index (χ1n) is 12.7. The van der Waals surface area contributed by atoms with Gasteiger partial charge in [0.1, 0.15) is 24.0 Å². The van der Waals surface area contributed by atoms with Crippen LogP contribution < -0.4 is 14.2 Å². The minimum absolute atomic E-state index is 0.00844. The van der Waals surface area contributed by atoms with E-state index in [0.717, 1.165) is 10.8 Å². The molecule has 2 aromatic carbocycles. The van der Waals surface area contributed by atoms with Gasteiger partial charge in [-0.2, -0.15) is 15.1 Å². The van der Waals surface area contributed by atoms with Crippen LogP contribution in [0.25, 0.3) is 6.08 Å². The highest BCUT2D eigenvalue weighted by atomic mass is 32.2. The zero-order chi connectivity index (χ0) is 27.4. The van der Waals surface area contributed by atoms with E-state index in [0.29, 0.717) is 42.1 Å². The summed E-state index contributed by atoms with van der Waals surface area (Å²) in [6.45, 7) is 13.6. The van der Waals surface area contributed by atoms with Crippen LogP contribution in [0.2, 0.25) is 0 Å². The number of amides is 1. The van der Waals surface area contributed by atoms with E-state index < -0.39 is 5.91 Å². The number of thioether (sulfide) groups is 1. The molecule has 0 saturated heterocycles. The van der Waals surface area contributed by atoms with E-state index in [1.807, 2.05) is 39.0 Å². The number of aliphatic imine (C=N–C) groups is 1. The highest BCUT2D eigenvalue weighted by molar-refractivity contribution is 8.27. The molecule has 2 aliphatic rings. The standard InChI is InChI=1S/C29H34N4O4S/c1-7-35-24-17-19(16-22-25(30)33-28(31-26(22)34)38-27(32-33)18(2)3)8-13-23(24)37-15-14-36-21-11-9-20(10-12-21)29(4,5)6/h8-13,16-18,30H,7,14-15H2,1-6H3/b22-16-,30-25?. The van der Waals surface area contributed by atoms with Crippen molar-refractivity contribution in [1.29, 1.82) is 5.41 Å². The van der Waals surface area contributed by atoms with Crippen molar-refractivity contribution >= 4 is 39.8 Å². The minimum Gasteiger partial charge on any atom is -0.490 e. The summed E-state index contributed by atoms with van der Waals surface area (Å²) in [5, 5.41) is 15.7. The van der Waals surface area contributed by atoms with E-state index in [1.165, 1.54) is 22.3 Å². The summed E-state index contributed by atoms with van der Waals surface area (Å²) in [4.78, 5) is 16.9. The van der Waals surface area contributed by atoms with Gasteiger partial charge in [-0.3, -0.25) is 10.2 Å². The van der Waals surface area contributed by atoms with E-state index in [4.69, 9.17) is 19.6 Å². The quantitative estimate of drug-likeness (QED) is 0.308. The van der Waals surface area contributed by atoms with E-state index in [9.17, 15) is 4.79 Å². The Morgan fingerprint density at radius 1 is 1.03 bits per heavy atom. The van der Waals surface area contributed by atoms with Gasteiger partial charge in [0.25, 0.3) is 5.91 Å². The number of fused-ring (bicyclic) bond motifs is 1. The number of hydrogen-bond donors (Lipinski definition) is 1. The van der Waals surface area contributed by atoms with Crippen LogP contribution in [0, 0.1) is 11.3 Å². The number of hydrazone groups is 1. The smallest absolute Gasteiger partial charge is 0.283 e. The van der Waals surface area contributed by atoms with Gasteiger partial charge in [0.05, 0.1) is 12.2 Å². The van der Waals surface area contributed by atoms with Gasteiger partial charge < -0.3 is 14.2 Å². The summed E-state index contributed by atoms with van der Waals surface area (Å²) >= 11 is 1.33. The fourth-order valence-electron chi connectivity index (χ4n) is 3.77. The number of amidine groups is 2. The molecule has 2 aliphatic heterocycles. The lowest BCUT2D eigenvalue weighted by Gasteiger charge is -2.20. The molecule has 2 aromatic rings. The molecule has 0 fully saturated rings. The number of nitrogens with one attached hydrogen (secondary N) is 1. The third-order valence-electron chi connectivity index (χ3n) is 5.87. The van der Waals surface area contributed by atoms with Crippen molar-refractivity contribution < 1.29 is 19.0 Å². The average Bonchev–Trinajstić information content (AvgIpc) is 3.30. The lowest BCUT2D eigenvalue weighted by molar-refractivity contribution is -0.114. The molecule has 8 nitrogen and oxygen atoms in total. The van der Waals surface area contributed by atoms with Gasteiger partial charge in [0.15, 0.2) is 17.3 Å². The molecule has 0 aliphatic carbocycles. The van der Waals surface area contributed by atoms with Crippen LogP contribution in [-0.4, -0.2) is 46.8 Å². The number of hydrogen-bond acceptors (Lipinski definition) is 7. The molecule has 9 heteroatoms. The summed E-state index contributed by atoms with van der Waals surface area (Å²) < 4.78 is 17.6. The fraction of sp³-hybridized carbons (Fsp3) is 0.379. The molecule has 0 unspecified atom stereocenters.